The fourth-order valence-corrected chi connectivity index (χ4v) is 1.20. The predicted octanol–water partition coefficient (Wildman–Crippen LogP) is 2.64. The van der Waals surface area contributed by atoms with Crippen LogP contribution >= 0.6 is 34.2 Å². The zero-order valence-electron chi connectivity index (χ0n) is 3.43. The van der Waals surface area contributed by atoms with Crippen LogP contribution in [0, 0.1) is 0 Å². The summed E-state index contributed by atoms with van der Waals surface area (Å²) in [5.74, 6) is 0. The summed E-state index contributed by atoms with van der Waals surface area (Å²) in [6, 6.07) is 0. The van der Waals surface area contributed by atoms with E-state index in [9.17, 15) is 8.78 Å². The summed E-state index contributed by atoms with van der Waals surface area (Å²) in [6.07, 6.45) is -0.241. The molecule has 0 nitrogen and oxygen atoms in total. The van der Waals surface area contributed by atoms with Crippen molar-refractivity contribution in [3.05, 3.63) is 0 Å². The van der Waals surface area contributed by atoms with E-state index in [-0.39, 0.29) is 6.42 Å². The molecule has 0 rings (SSSR count). The summed E-state index contributed by atoms with van der Waals surface area (Å²) >= 11 is 6.34. The first-order chi connectivity index (χ1) is 3.06. The SMILES string of the molecule is FC(F)(Cl)CCI. The van der Waals surface area contributed by atoms with E-state index in [1.54, 1.807) is 0 Å². The Bertz CT molecular complexity index is 51.4. The van der Waals surface area contributed by atoms with Gasteiger partial charge in [0.25, 0.3) is 0 Å². The van der Waals surface area contributed by atoms with Crippen molar-refractivity contribution in [3.8, 4) is 0 Å². The number of halogens is 4. The van der Waals surface area contributed by atoms with E-state index >= 15 is 0 Å². The Balaban J connectivity index is 3.15. The van der Waals surface area contributed by atoms with Crippen LogP contribution in [0.2, 0.25) is 0 Å². The minimum absolute atomic E-state index is 0.241. The highest BCUT2D eigenvalue weighted by Gasteiger charge is 2.22. The van der Waals surface area contributed by atoms with Crippen molar-refractivity contribution >= 4 is 34.2 Å². The van der Waals surface area contributed by atoms with Gasteiger partial charge in [-0.1, -0.05) is 22.6 Å². The lowest BCUT2D eigenvalue weighted by Crippen LogP contribution is -2.04. The highest BCUT2D eigenvalue weighted by molar-refractivity contribution is 14.1. The summed E-state index contributed by atoms with van der Waals surface area (Å²) in [7, 11) is 0. The Morgan fingerprint density at radius 1 is 1.57 bits per heavy atom. The van der Waals surface area contributed by atoms with Crippen molar-refractivity contribution in [2.24, 2.45) is 0 Å². The second kappa shape index (κ2) is 3.02. The molecule has 0 aromatic carbocycles. The molecule has 0 amide bonds. The Morgan fingerprint density at radius 3 is 2.00 bits per heavy atom. The van der Waals surface area contributed by atoms with Crippen LogP contribution in [-0.2, 0) is 0 Å². The van der Waals surface area contributed by atoms with Gasteiger partial charge in [0.2, 0.25) is 0 Å². The molecule has 0 N–H and O–H groups in total. The average Bonchev–Trinajstić information content (AvgIpc) is 1.30. The lowest BCUT2D eigenvalue weighted by Gasteiger charge is -2.01. The zero-order chi connectivity index (χ0) is 5.91. The van der Waals surface area contributed by atoms with E-state index in [1.165, 1.54) is 0 Å². The molecule has 0 aromatic rings. The second-order valence-electron chi connectivity index (χ2n) is 1.05. The predicted molar refractivity (Wildman–Crippen MR) is 34.3 cm³/mol. The maximum Gasteiger partial charge on any atom is 0.322 e. The van der Waals surface area contributed by atoms with Gasteiger partial charge in [-0.05, 0) is 11.6 Å². The van der Waals surface area contributed by atoms with E-state index in [2.05, 4.69) is 11.6 Å². The van der Waals surface area contributed by atoms with Crippen molar-refractivity contribution in [3.63, 3.8) is 0 Å². The molecule has 0 aliphatic heterocycles. The topological polar surface area (TPSA) is 0 Å². The molecule has 0 unspecified atom stereocenters. The fourth-order valence-electron chi connectivity index (χ4n) is 0.107. The lowest BCUT2D eigenvalue weighted by atomic mass is 10.5. The average molecular weight is 240 g/mol. The van der Waals surface area contributed by atoms with Crippen LogP contribution in [0.1, 0.15) is 6.42 Å². The first kappa shape index (κ1) is 7.88. The van der Waals surface area contributed by atoms with Crippen LogP contribution < -0.4 is 0 Å². The van der Waals surface area contributed by atoms with Crippen LogP contribution in [0.4, 0.5) is 8.78 Å². The van der Waals surface area contributed by atoms with Crippen molar-refractivity contribution in [1.82, 2.24) is 0 Å². The van der Waals surface area contributed by atoms with Gasteiger partial charge in [0, 0.05) is 10.8 Å². The number of alkyl halides is 4. The largest absolute Gasteiger partial charge is 0.322 e. The minimum Gasteiger partial charge on any atom is -0.188 e. The molecule has 0 aliphatic carbocycles. The Labute approximate surface area is 59.4 Å². The Morgan fingerprint density at radius 2 is 2.00 bits per heavy atom. The Kier molecular flexibility index (Phi) is 3.40. The summed E-state index contributed by atoms with van der Waals surface area (Å²) in [6.45, 7) is 0. The van der Waals surface area contributed by atoms with Gasteiger partial charge >= 0.3 is 5.38 Å². The molecule has 0 aromatic heterocycles. The second-order valence-corrected chi connectivity index (χ2v) is 2.69. The van der Waals surface area contributed by atoms with Gasteiger partial charge in [-0.3, -0.25) is 0 Å². The zero-order valence-corrected chi connectivity index (χ0v) is 6.34. The smallest absolute Gasteiger partial charge is 0.188 e. The molecule has 0 atom stereocenters. The molecular weight excluding hydrogens is 236 g/mol. The van der Waals surface area contributed by atoms with Gasteiger partial charge in [0.1, 0.15) is 0 Å². The van der Waals surface area contributed by atoms with Gasteiger partial charge < -0.3 is 0 Å². The van der Waals surface area contributed by atoms with E-state index in [0.29, 0.717) is 4.43 Å². The van der Waals surface area contributed by atoms with Crippen LogP contribution in [-0.4, -0.2) is 9.81 Å². The lowest BCUT2D eigenvalue weighted by molar-refractivity contribution is 0.0943. The van der Waals surface area contributed by atoms with Gasteiger partial charge in [0.15, 0.2) is 0 Å². The highest BCUT2D eigenvalue weighted by atomic mass is 127. The van der Waals surface area contributed by atoms with Crippen molar-refractivity contribution in [1.29, 1.82) is 0 Å². The van der Waals surface area contributed by atoms with Crippen molar-refractivity contribution in [2.45, 2.75) is 11.8 Å². The third kappa shape index (κ3) is 6.88. The van der Waals surface area contributed by atoms with Gasteiger partial charge in [0.05, 0.1) is 0 Å². The Hall–Kier alpha value is 0.880. The molecule has 0 saturated heterocycles. The maximum atomic E-state index is 11.5. The fraction of sp³-hybridized carbons (Fsp3) is 1.00. The number of hydrogen-bond acceptors (Lipinski definition) is 0. The van der Waals surface area contributed by atoms with E-state index in [1.807, 2.05) is 22.6 Å². The molecule has 0 aliphatic rings. The quantitative estimate of drug-likeness (QED) is 0.514. The molecule has 0 radical (unpaired) electrons. The number of hydrogen-bond donors (Lipinski definition) is 0. The molecule has 7 heavy (non-hydrogen) atoms. The highest BCUT2D eigenvalue weighted by Crippen LogP contribution is 2.23. The van der Waals surface area contributed by atoms with Gasteiger partial charge in [-0.15, -0.1) is 0 Å². The molecule has 4 heteroatoms. The molecule has 0 saturated carbocycles. The van der Waals surface area contributed by atoms with Crippen molar-refractivity contribution < 1.29 is 8.78 Å². The third-order valence-corrected chi connectivity index (χ3v) is 1.11. The van der Waals surface area contributed by atoms with Crippen LogP contribution in [0.15, 0.2) is 0 Å². The first-order valence-electron chi connectivity index (χ1n) is 1.69. The number of rotatable bonds is 2. The monoisotopic (exact) mass is 240 g/mol. The van der Waals surface area contributed by atoms with Crippen LogP contribution in [0.5, 0.6) is 0 Å². The summed E-state index contributed by atoms with van der Waals surface area (Å²) in [5, 5.41) is -2.98. The van der Waals surface area contributed by atoms with E-state index in [4.69, 9.17) is 0 Å². The third-order valence-electron chi connectivity index (χ3n) is 0.378. The normalized spacial score (nSPS) is 12.0. The molecule has 44 valence electrons. The van der Waals surface area contributed by atoms with Crippen LogP contribution in [0.25, 0.3) is 0 Å². The van der Waals surface area contributed by atoms with E-state index < -0.39 is 5.38 Å². The molecule has 0 spiro atoms. The van der Waals surface area contributed by atoms with Crippen LogP contribution in [0.3, 0.4) is 0 Å². The summed E-state index contributed by atoms with van der Waals surface area (Å²) < 4.78 is 23.4. The first-order valence-corrected chi connectivity index (χ1v) is 3.59. The summed E-state index contributed by atoms with van der Waals surface area (Å²) in [5.41, 5.74) is 0. The molecule has 0 fully saturated rings. The molecule has 0 bridgehead atoms. The maximum absolute atomic E-state index is 11.5. The molecule has 0 heterocycles. The van der Waals surface area contributed by atoms with Gasteiger partial charge in [-0.25, -0.2) is 0 Å². The van der Waals surface area contributed by atoms with Crippen molar-refractivity contribution in [2.75, 3.05) is 4.43 Å². The van der Waals surface area contributed by atoms with E-state index in [0.717, 1.165) is 0 Å². The standard InChI is InChI=1S/C3H4ClF2I/c4-3(5,6)1-2-7/h1-2H2. The van der Waals surface area contributed by atoms with Gasteiger partial charge in [-0.2, -0.15) is 8.78 Å². The summed E-state index contributed by atoms with van der Waals surface area (Å²) in [4.78, 5) is 0. The minimum atomic E-state index is -2.98. The molecular formula is C3H4ClF2I.